The van der Waals surface area contributed by atoms with Crippen LogP contribution in [0.15, 0.2) is 12.2 Å². The number of carbonyl (C=O) groups excluding carboxylic acids is 1. The highest BCUT2D eigenvalue weighted by molar-refractivity contribution is 5.78. The van der Waals surface area contributed by atoms with Gasteiger partial charge in [-0.05, 0) is 47.0 Å². The lowest BCUT2D eigenvalue weighted by Crippen LogP contribution is -2.39. The SMILES string of the molecule is C=C(C)CCC1(C(=O)O)CCN(C(=O)OC(C)(C)C)C1. The molecule has 1 amide bonds. The lowest BCUT2D eigenvalue weighted by Gasteiger charge is -2.27. The minimum absolute atomic E-state index is 0.213. The van der Waals surface area contributed by atoms with Gasteiger partial charge in [-0.25, -0.2) is 4.79 Å². The van der Waals surface area contributed by atoms with Crippen molar-refractivity contribution in [3.05, 3.63) is 12.2 Å². The molecule has 0 aromatic rings. The maximum absolute atomic E-state index is 12.0. The van der Waals surface area contributed by atoms with Crippen LogP contribution in [-0.4, -0.2) is 40.8 Å². The number of nitrogens with zero attached hydrogens (tertiary/aromatic N) is 1. The average molecular weight is 283 g/mol. The number of carbonyl (C=O) groups is 2. The van der Waals surface area contributed by atoms with E-state index in [2.05, 4.69) is 6.58 Å². The molecule has 1 fully saturated rings. The second-order valence-corrected chi connectivity index (χ2v) is 6.69. The van der Waals surface area contributed by atoms with Crippen molar-refractivity contribution < 1.29 is 19.4 Å². The molecular formula is C15H25NO4. The van der Waals surface area contributed by atoms with Crippen molar-refractivity contribution in [1.29, 1.82) is 0 Å². The Morgan fingerprint density at radius 3 is 2.45 bits per heavy atom. The van der Waals surface area contributed by atoms with Crippen molar-refractivity contribution in [2.75, 3.05) is 13.1 Å². The van der Waals surface area contributed by atoms with Gasteiger partial charge in [0.05, 0.1) is 5.41 Å². The van der Waals surface area contributed by atoms with E-state index < -0.39 is 23.1 Å². The molecule has 1 saturated heterocycles. The zero-order valence-corrected chi connectivity index (χ0v) is 12.9. The number of hydrogen-bond acceptors (Lipinski definition) is 3. The molecule has 0 saturated carbocycles. The predicted molar refractivity (Wildman–Crippen MR) is 76.5 cm³/mol. The van der Waals surface area contributed by atoms with Gasteiger partial charge in [0.2, 0.25) is 0 Å². The van der Waals surface area contributed by atoms with Crippen LogP contribution in [0.25, 0.3) is 0 Å². The van der Waals surface area contributed by atoms with Gasteiger partial charge in [0.15, 0.2) is 0 Å². The van der Waals surface area contributed by atoms with Gasteiger partial charge in [0, 0.05) is 13.1 Å². The first kappa shape index (κ1) is 16.5. The van der Waals surface area contributed by atoms with Crippen LogP contribution in [0.4, 0.5) is 4.79 Å². The molecule has 1 unspecified atom stereocenters. The molecule has 1 atom stereocenters. The Labute approximate surface area is 120 Å². The summed E-state index contributed by atoms with van der Waals surface area (Å²) in [6.07, 6.45) is 1.20. The van der Waals surface area contributed by atoms with E-state index in [0.717, 1.165) is 5.57 Å². The van der Waals surface area contributed by atoms with Gasteiger partial charge in [-0.3, -0.25) is 4.79 Å². The molecule has 5 nitrogen and oxygen atoms in total. The Morgan fingerprint density at radius 1 is 1.40 bits per heavy atom. The smallest absolute Gasteiger partial charge is 0.410 e. The van der Waals surface area contributed by atoms with Crippen molar-refractivity contribution >= 4 is 12.1 Å². The van der Waals surface area contributed by atoms with Crippen LogP contribution in [0.5, 0.6) is 0 Å². The Bertz CT molecular complexity index is 411. The third kappa shape index (κ3) is 4.25. The lowest BCUT2D eigenvalue weighted by molar-refractivity contribution is -0.148. The monoisotopic (exact) mass is 283 g/mol. The van der Waals surface area contributed by atoms with Gasteiger partial charge in [-0.1, -0.05) is 5.57 Å². The zero-order valence-electron chi connectivity index (χ0n) is 12.9. The molecule has 0 bridgehead atoms. The Morgan fingerprint density at radius 2 is 2.00 bits per heavy atom. The molecule has 0 aromatic carbocycles. The quantitative estimate of drug-likeness (QED) is 0.805. The first-order chi connectivity index (χ1) is 9.06. The zero-order chi connectivity index (χ0) is 15.6. The predicted octanol–water partition coefficient (Wildman–Crippen LogP) is 3.05. The number of amides is 1. The molecule has 1 aliphatic rings. The summed E-state index contributed by atoms with van der Waals surface area (Å²) in [4.78, 5) is 25.1. The van der Waals surface area contributed by atoms with E-state index in [1.54, 1.807) is 20.8 Å². The Hall–Kier alpha value is -1.52. The van der Waals surface area contributed by atoms with E-state index in [1.165, 1.54) is 4.90 Å². The molecule has 1 aliphatic heterocycles. The summed E-state index contributed by atoms with van der Waals surface area (Å²) in [5.41, 5.74) is -0.472. The van der Waals surface area contributed by atoms with Crippen LogP contribution >= 0.6 is 0 Å². The van der Waals surface area contributed by atoms with E-state index >= 15 is 0 Å². The van der Waals surface area contributed by atoms with Crippen molar-refractivity contribution in [3.8, 4) is 0 Å². The minimum atomic E-state index is -0.865. The van der Waals surface area contributed by atoms with E-state index in [-0.39, 0.29) is 6.54 Å². The molecule has 1 heterocycles. The molecule has 0 aliphatic carbocycles. The van der Waals surface area contributed by atoms with Crippen LogP contribution in [0.1, 0.15) is 47.0 Å². The number of rotatable bonds is 4. The van der Waals surface area contributed by atoms with Gasteiger partial charge in [0.1, 0.15) is 5.60 Å². The number of carboxylic acid groups (broad SMARTS) is 1. The summed E-state index contributed by atoms with van der Waals surface area (Å²) < 4.78 is 5.30. The normalized spacial score (nSPS) is 22.7. The van der Waals surface area contributed by atoms with Crippen LogP contribution in [0, 0.1) is 5.41 Å². The largest absolute Gasteiger partial charge is 0.481 e. The first-order valence-electron chi connectivity index (χ1n) is 6.91. The minimum Gasteiger partial charge on any atom is -0.481 e. The molecule has 114 valence electrons. The molecule has 1 rings (SSSR count). The fourth-order valence-electron chi connectivity index (χ4n) is 2.29. The number of ether oxygens (including phenoxy) is 1. The van der Waals surface area contributed by atoms with Crippen LogP contribution in [0.3, 0.4) is 0 Å². The van der Waals surface area contributed by atoms with Crippen molar-refractivity contribution in [2.45, 2.75) is 52.6 Å². The van der Waals surface area contributed by atoms with Gasteiger partial charge >= 0.3 is 12.1 Å². The molecule has 0 spiro atoms. The molecule has 20 heavy (non-hydrogen) atoms. The van der Waals surface area contributed by atoms with Gasteiger partial charge in [-0.2, -0.15) is 0 Å². The number of hydrogen-bond donors (Lipinski definition) is 1. The second-order valence-electron chi connectivity index (χ2n) is 6.69. The van der Waals surface area contributed by atoms with Crippen molar-refractivity contribution in [1.82, 2.24) is 4.90 Å². The second kappa shape index (κ2) is 5.85. The maximum atomic E-state index is 12.0. The summed E-state index contributed by atoms with van der Waals surface area (Å²) in [5.74, 6) is -0.843. The highest BCUT2D eigenvalue weighted by Gasteiger charge is 2.46. The van der Waals surface area contributed by atoms with E-state index in [9.17, 15) is 14.7 Å². The number of likely N-dealkylation sites (tertiary alicyclic amines) is 1. The van der Waals surface area contributed by atoms with Gasteiger partial charge in [-0.15, -0.1) is 6.58 Å². The Balaban J connectivity index is 2.72. The van der Waals surface area contributed by atoms with Crippen molar-refractivity contribution in [2.24, 2.45) is 5.41 Å². The number of carboxylic acids is 1. The summed E-state index contributed by atoms with van der Waals surface area (Å²) in [7, 11) is 0. The topological polar surface area (TPSA) is 66.8 Å². The van der Waals surface area contributed by atoms with E-state index in [0.29, 0.717) is 25.8 Å². The van der Waals surface area contributed by atoms with Crippen LogP contribution in [0.2, 0.25) is 0 Å². The van der Waals surface area contributed by atoms with Crippen LogP contribution < -0.4 is 0 Å². The summed E-state index contributed by atoms with van der Waals surface area (Å²) in [6, 6.07) is 0. The molecule has 0 aromatic heterocycles. The lowest BCUT2D eigenvalue weighted by atomic mass is 9.81. The first-order valence-corrected chi connectivity index (χ1v) is 6.91. The fourth-order valence-corrected chi connectivity index (χ4v) is 2.29. The standard InChI is InChI=1S/C15H25NO4/c1-11(2)6-7-15(12(17)18)8-9-16(10-15)13(19)20-14(3,4)5/h1,6-10H2,2-5H3,(H,17,18). The average Bonchev–Trinajstić information content (AvgIpc) is 2.69. The third-order valence-electron chi connectivity index (χ3n) is 3.49. The van der Waals surface area contributed by atoms with E-state index in [4.69, 9.17) is 4.74 Å². The molecule has 0 radical (unpaired) electrons. The molecular weight excluding hydrogens is 258 g/mol. The molecule has 5 heteroatoms. The van der Waals surface area contributed by atoms with E-state index in [1.807, 2.05) is 6.92 Å². The molecule has 1 N–H and O–H groups in total. The third-order valence-corrected chi connectivity index (χ3v) is 3.49. The van der Waals surface area contributed by atoms with Gasteiger partial charge in [0.25, 0.3) is 0 Å². The summed E-state index contributed by atoms with van der Waals surface area (Å²) in [6.45, 7) is 11.7. The highest BCUT2D eigenvalue weighted by atomic mass is 16.6. The number of allylic oxidation sites excluding steroid dienone is 1. The summed E-state index contributed by atoms with van der Waals surface area (Å²) in [5, 5.41) is 9.50. The summed E-state index contributed by atoms with van der Waals surface area (Å²) >= 11 is 0. The van der Waals surface area contributed by atoms with Gasteiger partial charge < -0.3 is 14.7 Å². The fraction of sp³-hybridized carbons (Fsp3) is 0.733. The van der Waals surface area contributed by atoms with Crippen molar-refractivity contribution in [3.63, 3.8) is 0 Å². The highest BCUT2D eigenvalue weighted by Crippen LogP contribution is 2.37. The maximum Gasteiger partial charge on any atom is 0.410 e. The Kier molecular flexibility index (Phi) is 4.84. The van der Waals surface area contributed by atoms with Crippen LogP contribution in [-0.2, 0) is 9.53 Å². The number of aliphatic carboxylic acids is 1.